The van der Waals surface area contributed by atoms with Crippen LogP contribution in [0.4, 0.5) is 18.9 Å². The van der Waals surface area contributed by atoms with Crippen molar-refractivity contribution in [3.05, 3.63) is 53.0 Å². The summed E-state index contributed by atoms with van der Waals surface area (Å²) in [6.45, 7) is 0.522. The molecule has 1 N–H and O–H groups in total. The fraction of sp³-hybridized carbons (Fsp3) is 0.435. The van der Waals surface area contributed by atoms with Crippen molar-refractivity contribution in [2.24, 2.45) is 0 Å². The molecule has 0 bridgehead atoms. The minimum atomic E-state index is -4.57. The van der Waals surface area contributed by atoms with E-state index in [1.54, 1.807) is 12.1 Å². The van der Waals surface area contributed by atoms with Gasteiger partial charge in [-0.15, -0.1) is 0 Å². The molecule has 2 atom stereocenters. The first-order valence-electron chi connectivity index (χ1n) is 10.8. The average molecular weight is 441 g/mol. The Morgan fingerprint density at radius 1 is 1.16 bits per heavy atom. The second-order valence-electron chi connectivity index (χ2n) is 8.31. The fourth-order valence-corrected chi connectivity index (χ4v) is 4.65. The number of rotatable bonds is 3. The molecule has 1 aromatic carbocycles. The van der Waals surface area contributed by atoms with Gasteiger partial charge in [-0.1, -0.05) is 0 Å². The Bertz CT molecular complexity index is 1190. The minimum absolute atomic E-state index is 0.0560. The zero-order chi connectivity index (χ0) is 22.3. The summed E-state index contributed by atoms with van der Waals surface area (Å²) in [5, 5.41) is 16.4. The van der Waals surface area contributed by atoms with Crippen LogP contribution in [-0.4, -0.2) is 21.4 Å². The number of halogens is 3. The zero-order valence-corrected chi connectivity index (χ0v) is 17.3. The van der Waals surface area contributed by atoms with Crippen LogP contribution in [0.15, 0.2) is 30.5 Å². The smallest absolute Gasteiger partial charge is 0.377 e. The van der Waals surface area contributed by atoms with E-state index < -0.39 is 18.1 Å². The highest BCUT2D eigenvalue weighted by Gasteiger charge is 2.38. The summed E-state index contributed by atoms with van der Waals surface area (Å²) in [6.07, 6.45) is 1.49. The van der Waals surface area contributed by atoms with Crippen molar-refractivity contribution >= 4 is 16.6 Å². The van der Waals surface area contributed by atoms with Gasteiger partial charge in [-0.2, -0.15) is 23.5 Å². The van der Waals surface area contributed by atoms with Crippen LogP contribution >= 0.6 is 0 Å². The summed E-state index contributed by atoms with van der Waals surface area (Å²) in [5.41, 5.74) is 2.46. The summed E-state index contributed by atoms with van der Waals surface area (Å²) in [4.78, 5) is 4.45. The van der Waals surface area contributed by atoms with Crippen LogP contribution in [0.1, 0.15) is 66.9 Å². The highest BCUT2D eigenvalue weighted by atomic mass is 19.4. The second kappa shape index (κ2) is 8.10. The molecule has 2 aromatic heterocycles. The third-order valence-corrected chi connectivity index (χ3v) is 6.14. The Hall–Kier alpha value is -3.12. The standard InChI is InChI=1S/C23H22F3N5O/c24-23(25,26)22-17-11-16(7-8-19(17)31(30-22)20-6-1-2-9-32-20)29-18-5-3-4-15-10-14(12-27)13-28-21(15)18/h7-8,10-11,13,18,20,29H,1-6,9H2. The molecule has 3 aromatic rings. The van der Waals surface area contributed by atoms with E-state index in [0.717, 1.165) is 43.4 Å². The quantitative estimate of drug-likeness (QED) is 0.580. The van der Waals surface area contributed by atoms with Gasteiger partial charge < -0.3 is 10.1 Å². The molecule has 2 aliphatic rings. The van der Waals surface area contributed by atoms with Crippen LogP contribution in [0.3, 0.4) is 0 Å². The summed E-state index contributed by atoms with van der Waals surface area (Å²) in [7, 11) is 0. The first kappa shape index (κ1) is 20.8. The van der Waals surface area contributed by atoms with Gasteiger partial charge in [0.05, 0.1) is 22.8 Å². The number of anilines is 1. The van der Waals surface area contributed by atoms with Crippen molar-refractivity contribution in [3.63, 3.8) is 0 Å². The average Bonchev–Trinajstić information content (AvgIpc) is 3.19. The summed E-state index contributed by atoms with van der Waals surface area (Å²) < 4.78 is 48.4. The van der Waals surface area contributed by atoms with Crippen molar-refractivity contribution in [1.29, 1.82) is 5.26 Å². The topological polar surface area (TPSA) is 75.8 Å². The molecule has 1 aliphatic carbocycles. The van der Waals surface area contributed by atoms with Crippen LogP contribution in [0.25, 0.3) is 10.9 Å². The van der Waals surface area contributed by atoms with E-state index in [1.807, 2.05) is 6.07 Å². The summed E-state index contributed by atoms with van der Waals surface area (Å²) in [5.74, 6) is 0. The molecule has 0 spiro atoms. The maximum atomic E-state index is 13.8. The minimum Gasteiger partial charge on any atom is -0.377 e. The number of nitrogens with zero attached hydrogens (tertiary/aromatic N) is 4. The molecule has 9 heteroatoms. The first-order chi connectivity index (χ1) is 15.4. The van der Waals surface area contributed by atoms with Gasteiger partial charge in [0, 0.05) is 23.9 Å². The zero-order valence-electron chi connectivity index (χ0n) is 17.3. The van der Waals surface area contributed by atoms with E-state index in [1.165, 1.54) is 16.9 Å². The molecule has 6 nitrogen and oxygen atoms in total. The molecular formula is C23H22F3N5O. The number of pyridine rings is 1. The number of alkyl halides is 3. The fourth-order valence-electron chi connectivity index (χ4n) is 4.65. The highest BCUT2D eigenvalue weighted by molar-refractivity contribution is 5.86. The van der Waals surface area contributed by atoms with Crippen LogP contribution in [0, 0.1) is 11.3 Å². The number of fused-ring (bicyclic) bond motifs is 2. The molecule has 0 amide bonds. The molecule has 32 heavy (non-hydrogen) atoms. The predicted molar refractivity (Wildman–Crippen MR) is 112 cm³/mol. The molecule has 0 radical (unpaired) electrons. The van der Waals surface area contributed by atoms with Crippen LogP contribution < -0.4 is 5.32 Å². The third kappa shape index (κ3) is 3.79. The summed E-state index contributed by atoms with van der Waals surface area (Å²) >= 11 is 0. The van der Waals surface area contributed by atoms with Gasteiger partial charge in [0.1, 0.15) is 6.07 Å². The number of aryl methyl sites for hydroxylation is 1. The third-order valence-electron chi connectivity index (χ3n) is 6.14. The van der Waals surface area contributed by atoms with Gasteiger partial charge >= 0.3 is 6.18 Å². The Morgan fingerprint density at radius 2 is 2.03 bits per heavy atom. The van der Waals surface area contributed by atoms with Gasteiger partial charge in [0.15, 0.2) is 11.9 Å². The van der Waals surface area contributed by atoms with E-state index in [2.05, 4.69) is 21.5 Å². The highest BCUT2D eigenvalue weighted by Crippen LogP contribution is 2.39. The Balaban J connectivity index is 1.51. The number of ether oxygens (including phenoxy) is 1. The monoisotopic (exact) mass is 441 g/mol. The Morgan fingerprint density at radius 3 is 2.78 bits per heavy atom. The lowest BCUT2D eigenvalue weighted by Gasteiger charge is -2.26. The van der Waals surface area contributed by atoms with E-state index in [-0.39, 0.29) is 11.4 Å². The number of hydrogen-bond donors (Lipinski definition) is 1. The van der Waals surface area contributed by atoms with Crippen molar-refractivity contribution in [2.45, 2.75) is 57.0 Å². The van der Waals surface area contributed by atoms with Gasteiger partial charge in [-0.05, 0) is 68.4 Å². The Labute approximate surface area is 183 Å². The van der Waals surface area contributed by atoms with Crippen molar-refractivity contribution in [1.82, 2.24) is 14.8 Å². The molecule has 5 rings (SSSR count). The molecule has 2 unspecified atom stereocenters. The lowest BCUT2D eigenvalue weighted by molar-refractivity contribution is -0.141. The van der Waals surface area contributed by atoms with Crippen molar-refractivity contribution in [3.8, 4) is 6.07 Å². The van der Waals surface area contributed by atoms with E-state index in [0.29, 0.717) is 29.8 Å². The molecule has 3 heterocycles. The van der Waals surface area contributed by atoms with Gasteiger partial charge in [-0.3, -0.25) is 4.98 Å². The van der Waals surface area contributed by atoms with Gasteiger partial charge in [0.25, 0.3) is 0 Å². The SMILES string of the molecule is N#Cc1cnc2c(c1)CCCC2Nc1ccc2c(c1)c(C(F)(F)F)nn2C1CCCCO1. The predicted octanol–water partition coefficient (Wildman–Crippen LogP) is 5.51. The second-order valence-corrected chi connectivity index (χ2v) is 8.31. The summed E-state index contributed by atoms with van der Waals surface area (Å²) in [6, 6.07) is 8.79. The number of hydrogen-bond acceptors (Lipinski definition) is 5. The maximum absolute atomic E-state index is 13.8. The van der Waals surface area contributed by atoms with Crippen LogP contribution in [-0.2, 0) is 17.3 Å². The number of benzene rings is 1. The molecule has 0 saturated carbocycles. The molecule has 1 saturated heterocycles. The van der Waals surface area contributed by atoms with E-state index >= 15 is 0 Å². The van der Waals surface area contributed by atoms with Crippen molar-refractivity contribution in [2.75, 3.05) is 11.9 Å². The number of aromatic nitrogens is 3. The van der Waals surface area contributed by atoms with Crippen LogP contribution in [0.2, 0.25) is 0 Å². The van der Waals surface area contributed by atoms with Gasteiger partial charge in [0.2, 0.25) is 0 Å². The lowest BCUT2D eigenvalue weighted by atomic mass is 9.91. The number of nitriles is 1. The normalized spacial score (nSPS) is 21.2. The first-order valence-corrected chi connectivity index (χ1v) is 10.8. The molecule has 1 fully saturated rings. The van der Waals surface area contributed by atoms with Crippen molar-refractivity contribution < 1.29 is 17.9 Å². The molecule has 1 aliphatic heterocycles. The van der Waals surface area contributed by atoms with Gasteiger partial charge in [-0.25, -0.2) is 4.68 Å². The molecule has 166 valence electrons. The molecular weight excluding hydrogens is 419 g/mol. The maximum Gasteiger partial charge on any atom is 0.435 e. The Kier molecular flexibility index (Phi) is 5.25. The largest absolute Gasteiger partial charge is 0.435 e. The van der Waals surface area contributed by atoms with E-state index in [4.69, 9.17) is 10.00 Å². The van der Waals surface area contributed by atoms with Crippen LogP contribution in [0.5, 0.6) is 0 Å². The van der Waals surface area contributed by atoms with E-state index in [9.17, 15) is 13.2 Å². The lowest BCUT2D eigenvalue weighted by Crippen LogP contribution is -2.20. The number of nitrogens with one attached hydrogen (secondary N) is 1.